The average molecular weight is 268 g/mol. The highest BCUT2D eigenvalue weighted by Gasteiger charge is 2.23. The van der Waals surface area contributed by atoms with Crippen LogP contribution in [0, 0.1) is 0 Å². The molecule has 0 aliphatic carbocycles. The number of H-pyrrole nitrogens is 1. The van der Waals surface area contributed by atoms with Crippen LogP contribution in [0.1, 0.15) is 42.6 Å². The molecular weight excluding hydrogens is 248 g/mol. The highest BCUT2D eigenvalue weighted by atomic mass is 32.2. The topological polar surface area (TPSA) is 61.9 Å². The Morgan fingerprint density at radius 1 is 1.50 bits per heavy atom. The van der Waals surface area contributed by atoms with Crippen molar-refractivity contribution in [1.82, 2.24) is 20.1 Å². The normalized spacial score (nSPS) is 20.8. The van der Waals surface area contributed by atoms with Gasteiger partial charge in [0, 0.05) is 24.8 Å². The second-order valence-corrected chi connectivity index (χ2v) is 5.68. The summed E-state index contributed by atoms with van der Waals surface area (Å²) in [4.78, 5) is 18.3. The van der Waals surface area contributed by atoms with E-state index >= 15 is 0 Å². The smallest absolute Gasteiger partial charge is 0.293 e. The summed E-state index contributed by atoms with van der Waals surface area (Å²) >= 11 is 1.90. The SMILES string of the molecule is CCc1nc(C(=O)N2CCCC(SC)CC2)n[nH]1. The van der Waals surface area contributed by atoms with Gasteiger partial charge in [-0.05, 0) is 25.5 Å². The van der Waals surface area contributed by atoms with Crippen LogP contribution in [0.2, 0.25) is 0 Å². The number of likely N-dealkylation sites (tertiary alicyclic amines) is 1. The minimum Gasteiger partial charge on any atom is -0.336 e. The number of rotatable bonds is 3. The highest BCUT2D eigenvalue weighted by molar-refractivity contribution is 7.99. The Labute approximate surface area is 112 Å². The van der Waals surface area contributed by atoms with Gasteiger partial charge in [0.25, 0.3) is 5.91 Å². The molecule has 0 saturated carbocycles. The first kappa shape index (κ1) is 13.4. The van der Waals surface area contributed by atoms with Gasteiger partial charge in [-0.3, -0.25) is 9.89 Å². The van der Waals surface area contributed by atoms with Crippen molar-refractivity contribution in [2.24, 2.45) is 0 Å². The van der Waals surface area contributed by atoms with E-state index < -0.39 is 0 Å². The van der Waals surface area contributed by atoms with Crippen molar-refractivity contribution >= 4 is 17.7 Å². The van der Waals surface area contributed by atoms with E-state index in [9.17, 15) is 4.79 Å². The van der Waals surface area contributed by atoms with Gasteiger partial charge in [-0.1, -0.05) is 6.92 Å². The number of hydrogen-bond donors (Lipinski definition) is 1. The monoisotopic (exact) mass is 268 g/mol. The summed E-state index contributed by atoms with van der Waals surface area (Å²) in [6.45, 7) is 3.63. The van der Waals surface area contributed by atoms with Crippen molar-refractivity contribution in [3.8, 4) is 0 Å². The molecule has 1 unspecified atom stereocenters. The van der Waals surface area contributed by atoms with E-state index in [1.807, 2.05) is 23.6 Å². The summed E-state index contributed by atoms with van der Waals surface area (Å²) in [5, 5.41) is 7.48. The lowest BCUT2D eigenvalue weighted by molar-refractivity contribution is 0.0750. The number of nitrogens with zero attached hydrogens (tertiary/aromatic N) is 3. The Kier molecular flexibility index (Phi) is 4.63. The molecule has 0 aromatic carbocycles. The fraction of sp³-hybridized carbons (Fsp3) is 0.750. The molecule has 18 heavy (non-hydrogen) atoms. The van der Waals surface area contributed by atoms with Crippen LogP contribution < -0.4 is 0 Å². The number of carbonyl (C=O) groups is 1. The van der Waals surface area contributed by atoms with Crippen molar-refractivity contribution in [3.63, 3.8) is 0 Å². The fourth-order valence-corrected chi connectivity index (χ4v) is 2.94. The third-order valence-electron chi connectivity index (χ3n) is 3.35. The zero-order valence-corrected chi connectivity index (χ0v) is 11.8. The third-order valence-corrected chi connectivity index (χ3v) is 4.49. The molecule has 1 N–H and O–H groups in total. The molecule has 5 nitrogen and oxygen atoms in total. The molecule has 100 valence electrons. The molecule has 2 rings (SSSR count). The van der Waals surface area contributed by atoms with Crippen molar-refractivity contribution < 1.29 is 4.79 Å². The van der Waals surface area contributed by atoms with E-state index in [0.717, 1.165) is 38.2 Å². The quantitative estimate of drug-likeness (QED) is 0.907. The predicted molar refractivity (Wildman–Crippen MR) is 72.8 cm³/mol. The molecule has 1 aromatic rings. The number of aromatic amines is 1. The second-order valence-electron chi connectivity index (χ2n) is 4.54. The maximum absolute atomic E-state index is 12.3. The maximum atomic E-state index is 12.3. The van der Waals surface area contributed by atoms with Crippen LogP contribution in [-0.2, 0) is 6.42 Å². The van der Waals surface area contributed by atoms with E-state index in [1.165, 1.54) is 6.42 Å². The number of thioether (sulfide) groups is 1. The Morgan fingerprint density at radius 3 is 3.00 bits per heavy atom. The Balaban J connectivity index is 2.00. The van der Waals surface area contributed by atoms with Crippen LogP contribution in [0.4, 0.5) is 0 Å². The molecule has 6 heteroatoms. The molecule has 1 atom stereocenters. The largest absolute Gasteiger partial charge is 0.336 e. The standard InChI is InChI=1S/C12H20N4OS/c1-3-10-13-11(15-14-10)12(17)16-7-4-5-9(18-2)6-8-16/h9H,3-8H2,1-2H3,(H,13,14,15). The van der Waals surface area contributed by atoms with E-state index in [4.69, 9.17) is 0 Å². The van der Waals surface area contributed by atoms with Crippen LogP contribution in [0.15, 0.2) is 0 Å². The molecule has 1 fully saturated rings. The number of amides is 1. The van der Waals surface area contributed by atoms with Crippen molar-refractivity contribution in [3.05, 3.63) is 11.6 Å². The summed E-state index contributed by atoms with van der Waals surface area (Å²) in [6, 6.07) is 0. The first-order valence-corrected chi connectivity index (χ1v) is 7.76. The number of nitrogens with one attached hydrogen (secondary N) is 1. The molecule has 0 radical (unpaired) electrons. The first-order chi connectivity index (χ1) is 8.74. The van der Waals surface area contributed by atoms with Gasteiger partial charge in [0.1, 0.15) is 5.82 Å². The van der Waals surface area contributed by atoms with Crippen molar-refractivity contribution in [1.29, 1.82) is 0 Å². The minimum atomic E-state index is -0.0345. The van der Waals surface area contributed by atoms with Gasteiger partial charge in [-0.25, -0.2) is 4.98 Å². The fourth-order valence-electron chi connectivity index (χ4n) is 2.20. The molecule has 1 aliphatic rings. The summed E-state index contributed by atoms with van der Waals surface area (Å²) in [6.07, 6.45) is 6.25. The van der Waals surface area contributed by atoms with Crippen molar-refractivity contribution in [2.45, 2.75) is 37.9 Å². The summed E-state index contributed by atoms with van der Waals surface area (Å²) in [5.74, 6) is 1.05. The number of aryl methyl sites for hydroxylation is 1. The Hall–Kier alpha value is -1.04. The van der Waals surface area contributed by atoms with Crippen LogP contribution in [0.25, 0.3) is 0 Å². The molecule has 1 aromatic heterocycles. The highest BCUT2D eigenvalue weighted by Crippen LogP contribution is 2.21. The zero-order valence-electron chi connectivity index (χ0n) is 11.0. The minimum absolute atomic E-state index is 0.0345. The molecule has 2 heterocycles. The van der Waals surface area contributed by atoms with Gasteiger partial charge >= 0.3 is 0 Å². The van der Waals surface area contributed by atoms with E-state index in [0.29, 0.717) is 11.1 Å². The lowest BCUT2D eigenvalue weighted by Gasteiger charge is -2.18. The number of aromatic nitrogens is 3. The van der Waals surface area contributed by atoms with E-state index in [-0.39, 0.29) is 5.91 Å². The molecule has 1 aliphatic heterocycles. The Morgan fingerprint density at radius 2 is 2.33 bits per heavy atom. The van der Waals surface area contributed by atoms with Gasteiger partial charge in [0.2, 0.25) is 5.82 Å². The molecule has 1 saturated heterocycles. The molecule has 0 bridgehead atoms. The number of carbonyl (C=O) groups excluding carboxylic acids is 1. The first-order valence-electron chi connectivity index (χ1n) is 6.48. The van der Waals surface area contributed by atoms with E-state index in [1.54, 1.807) is 0 Å². The van der Waals surface area contributed by atoms with Crippen molar-refractivity contribution in [2.75, 3.05) is 19.3 Å². The zero-order chi connectivity index (χ0) is 13.0. The Bertz CT molecular complexity index is 407. The van der Waals surface area contributed by atoms with Gasteiger partial charge < -0.3 is 4.90 Å². The number of hydrogen-bond acceptors (Lipinski definition) is 4. The second kappa shape index (κ2) is 6.22. The van der Waals surface area contributed by atoms with Gasteiger partial charge in [0.15, 0.2) is 0 Å². The maximum Gasteiger partial charge on any atom is 0.293 e. The average Bonchev–Trinajstić information content (AvgIpc) is 2.75. The third kappa shape index (κ3) is 3.04. The van der Waals surface area contributed by atoms with Gasteiger partial charge in [0.05, 0.1) is 0 Å². The summed E-state index contributed by atoms with van der Waals surface area (Å²) < 4.78 is 0. The van der Waals surface area contributed by atoms with Crippen LogP contribution >= 0.6 is 11.8 Å². The van der Waals surface area contributed by atoms with Gasteiger partial charge in [-0.2, -0.15) is 11.8 Å². The van der Waals surface area contributed by atoms with Gasteiger partial charge in [-0.15, -0.1) is 5.10 Å². The van der Waals surface area contributed by atoms with E-state index in [2.05, 4.69) is 21.4 Å². The van der Waals surface area contributed by atoms with Crippen LogP contribution in [0.3, 0.4) is 0 Å². The molecular formula is C12H20N4OS. The van der Waals surface area contributed by atoms with Crippen LogP contribution in [0.5, 0.6) is 0 Å². The molecule has 0 spiro atoms. The summed E-state index contributed by atoms with van der Waals surface area (Å²) in [7, 11) is 0. The van der Waals surface area contributed by atoms with Crippen LogP contribution in [-0.4, -0.2) is 50.6 Å². The predicted octanol–water partition coefficient (Wildman–Crippen LogP) is 1.72. The summed E-state index contributed by atoms with van der Waals surface area (Å²) in [5.41, 5.74) is 0. The molecule has 1 amide bonds. The lowest BCUT2D eigenvalue weighted by Crippen LogP contribution is -2.32. The lowest BCUT2D eigenvalue weighted by atomic mass is 10.2.